The summed E-state index contributed by atoms with van der Waals surface area (Å²) >= 11 is 6.08. The molecule has 0 aliphatic rings. The molecule has 4 nitrogen and oxygen atoms in total. The molecule has 6 heteroatoms. The number of pyridine rings is 1. The monoisotopic (exact) mass is 328 g/mol. The number of halogens is 2. The van der Waals surface area contributed by atoms with Crippen molar-refractivity contribution in [2.75, 3.05) is 5.32 Å². The number of hydrogen-bond acceptors (Lipinski definition) is 4. The first-order chi connectivity index (χ1) is 11.1. The van der Waals surface area contributed by atoms with Crippen LogP contribution in [0.2, 0.25) is 5.15 Å². The Morgan fingerprint density at radius 2 is 1.83 bits per heavy atom. The van der Waals surface area contributed by atoms with Crippen molar-refractivity contribution in [3.05, 3.63) is 71.3 Å². The quantitative estimate of drug-likeness (QED) is 0.716. The molecule has 2 aromatic heterocycles. The van der Waals surface area contributed by atoms with Crippen LogP contribution in [0, 0.1) is 5.82 Å². The fraction of sp³-hybridized carbons (Fsp3) is 0.118. The van der Waals surface area contributed by atoms with Crippen LogP contribution in [0.25, 0.3) is 11.4 Å². The van der Waals surface area contributed by atoms with E-state index in [1.807, 2.05) is 25.1 Å². The number of aromatic nitrogens is 3. The number of hydrogen-bond donors (Lipinski definition) is 1. The molecule has 0 saturated heterocycles. The first-order valence-corrected chi connectivity index (χ1v) is 7.47. The van der Waals surface area contributed by atoms with E-state index in [1.165, 1.54) is 12.1 Å². The third-order valence-corrected chi connectivity index (χ3v) is 3.53. The van der Waals surface area contributed by atoms with Crippen molar-refractivity contribution in [2.45, 2.75) is 13.0 Å². The maximum atomic E-state index is 13.0. The fourth-order valence-electron chi connectivity index (χ4n) is 2.16. The van der Waals surface area contributed by atoms with E-state index in [1.54, 1.807) is 24.4 Å². The van der Waals surface area contributed by atoms with Crippen LogP contribution in [0.15, 0.2) is 54.7 Å². The Morgan fingerprint density at radius 1 is 1.04 bits per heavy atom. The molecular formula is C17H14ClFN4. The Balaban J connectivity index is 1.85. The number of nitrogens with one attached hydrogen (secondary N) is 1. The van der Waals surface area contributed by atoms with Crippen LogP contribution in [-0.4, -0.2) is 15.0 Å². The van der Waals surface area contributed by atoms with Gasteiger partial charge in [-0.2, -0.15) is 0 Å². The molecule has 0 aliphatic heterocycles. The molecule has 116 valence electrons. The second-order valence-corrected chi connectivity index (χ2v) is 5.42. The van der Waals surface area contributed by atoms with Gasteiger partial charge in [0.25, 0.3) is 0 Å². The van der Waals surface area contributed by atoms with Crippen molar-refractivity contribution in [2.24, 2.45) is 0 Å². The lowest BCUT2D eigenvalue weighted by molar-refractivity contribution is 0.626. The molecule has 0 amide bonds. The van der Waals surface area contributed by atoms with Crippen LogP contribution in [0.3, 0.4) is 0 Å². The molecule has 0 spiro atoms. The van der Waals surface area contributed by atoms with Crippen LogP contribution in [0.1, 0.15) is 18.5 Å². The lowest BCUT2D eigenvalue weighted by Crippen LogP contribution is -2.10. The number of nitrogens with zero attached hydrogens (tertiary/aromatic N) is 3. The Kier molecular flexibility index (Phi) is 4.48. The molecule has 1 aromatic carbocycles. The minimum atomic E-state index is -0.266. The minimum absolute atomic E-state index is 0.0920. The van der Waals surface area contributed by atoms with Gasteiger partial charge in [-0.25, -0.2) is 14.4 Å². The maximum absolute atomic E-state index is 13.0. The van der Waals surface area contributed by atoms with Crippen LogP contribution in [0.5, 0.6) is 0 Å². The van der Waals surface area contributed by atoms with Gasteiger partial charge in [0.1, 0.15) is 11.0 Å². The number of benzene rings is 1. The zero-order valence-electron chi connectivity index (χ0n) is 12.4. The molecular weight excluding hydrogens is 315 g/mol. The molecule has 0 radical (unpaired) electrons. The summed E-state index contributed by atoms with van der Waals surface area (Å²) in [7, 11) is 0. The summed E-state index contributed by atoms with van der Waals surface area (Å²) in [5, 5.41) is 3.50. The maximum Gasteiger partial charge on any atom is 0.225 e. The van der Waals surface area contributed by atoms with E-state index < -0.39 is 0 Å². The fourth-order valence-corrected chi connectivity index (χ4v) is 2.34. The largest absolute Gasteiger partial charge is 0.348 e. The Hall–Kier alpha value is -2.53. The van der Waals surface area contributed by atoms with Gasteiger partial charge in [-0.05, 0) is 36.8 Å². The van der Waals surface area contributed by atoms with E-state index in [-0.39, 0.29) is 11.9 Å². The van der Waals surface area contributed by atoms with Gasteiger partial charge in [0, 0.05) is 12.3 Å². The predicted octanol–water partition coefficient (Wildman–Crippen LogP) is 4.50. The molecule has 23 heavy (non-hydrogen) atoms. The van der Waals surface area contributed by atoms with Gasteiger partial charge in [0.05, 0.1) is 17.4 Å². The van der Waals surface area contributed by atoms with Gasteiger partial charge in [-0.15, -0.1) is 0 Å². The highest BCUT2D eigenvalue weighted by atomic mass is 35.5. The smallest absolute Gasteiger partial charge is 0.225 e. The zero-order chi connectivity index (χ0) is 16.2. The molecule has 0 saturated carbocycles. The molecule has 3 aromatic rings. The lowest BCUT2D eigenvalue weighted by Gasteiger charge is -2.15. The van der Waals surface area contributed by atoms with Crippen molar-refractivity contribution in [1.29, 1.82) is 0 Å². The summed E-state index contributed by atoms with van der Waals surface area (Å²) in [6.45, 7) is 1.94. The van der Waals surface area contributed by atoms with E-state index in [0.717, 1.165) is 5.56 Å². The summed E-state index contributed by atoms with van der Waals surface area (Å²) in [6.07, 6.45) is 1.69. The number of rotatable bonds is 4. The molecule has 1 N–H and O–H groups in total. The third kappa shape index (κ3) is 3.81. The molecule has 1 unspecified atom stereocenters. The predicted molar refractivity (Wildman–Crippen MR) is 88.7 cm³/mol. The first kappa shape index (κ1) is 15.4. The summed E-state index contributed by atoms with van der Waals surface area (Å²) < 4.78 is 13.0. The van der Waals surface area contributed by atoms with Crippen LogP contribution < -0.4 is 5.32 Å². The third-order valence-electron chi connectivity index (χ3n) is 3.34. The Morgan fingerprint density at radius 3 is 2.52 bits per heavy atom. The van der Waals surface area contributed by atoms with E-state index >= 15 is 0 Å². The molecule has 1 atom stereocenters. The Labute approximate surface area is 138 Å². The van der Waals surface area contributed by atoms with Crippen LogP contribution in [-0.2, 0) is 0 Å². The van der Waals surface area contributed by atoms with Crippen molar-refractivity contribution in [3.8, 4) is 11.4 Å². The van der Waals surface area contributed by atoms with Crippen molar-refractivity contribution in [1.82, 2.24) is 15.0 Å². The highest BCUT2D eigenvalue weighted by Gasteiger charge is 2.10. The van der Waals surface area contributed by atoms with E-state index in [9.17, 15) is 4.39 Å². The summed E-state index contributed by atoms with van der Waals surface area (Å²) in [6, 6.07) is 13.4. The second-order valence-electron chi connectivity index (χ2n) is 5.03. The average molecular weight is 329 g/mol. The lowest BCUT2D eigenvalue weighted by atomic mass is 10.1. The SMILES string of the molecule is CC(Nc1nc(Cl)cc(-c2ccccn2)n1)c1ccc(F)cc1. The van der Waals surface area contributed by atoms with Gasteiger partial charge < -0.3 is 5.32 Å². The highest BCUT2D eigenvalue weighted by molar-refractivity contribution is 6.29. The molecule has 0 bridgehead atoms. The second kappa shape index (κ2) is 6.71. The number of anilines is 1. The van der Waals surface area contributed by atoms with Gasteiger partial charge in [-0.1, -0.05) is 29.8 Å². The van der Waals surface area contributed by atoms with Crippen LogP contribution in [0.4, 0.5) is 10.3 Å². The molecule has 2 heterocycles. The highest BCUT2D eigenvalue weighted by Crippen LogP contribution is 2.22. The average Bonchev–Trinajstić information content (AvgIpc) is 2.55. The van der Waals surface area contributed by atoms with Gasteiger partial charge in [-0.3, -0.25) is 4.98 Å². The summed E-state index contributed by atoms with van der Waals surface area (Å²) in [5.74, 6) is 0.132. The van der Waals surface area contributed by atoms with Gasteiger partial charge >= 0.3 is 0 Å². The van der Waals surface area contributed by atoms with E-state index in [2.05, 4.69) is 20.3 Å². The van der Waals surface area contributed by atoms with Gasteiger partial charge in [0.2, 0.25) is 5.95 Å². The Bertz CT molecular complexity index is 793. The van der Waals surface area contributed by atoms with E-state index in [0.29, 0.717) is 22.5 Å². The normalized spacial score (nSPS) is 12.0. The van der Waals surface area contributed by atoms with Crippen molar-refractivity contribution < 1.29 is 4.39 Å². The zero-order valence-corrected chi connectivity index (χ0v) is 13.1. The molecule has 0 aliphatic carbocycles. The standard InChI is InChI=1S/C17H14ClFN4/c1-11(12-5-7-13(19)8-6-12)21-17-22-15(10-16(18)23-17)14-4-2-3-9-20-14/h2-11H,1H3,(H,21,22,23). The van der Waals surface area contributed by atoms with Crippen molar-refractivity contribution >= 4 is 17.5 Å². The first-order valence-electron chi connectivity index (χ1n) is 7.10. The van der Waals surface area contributed by atoms with Crippen molar-refractivity contribution in [3.63, 3.8) is 0 Å². The summed E-state index contributed by atoms with van der Waals surface area (Å²) in [5.41, 5.74) is 2.28. The van der Waals surface area contributed by atoms with E-state index in [4.69, 9.17) is 11.6 Å². The topological polar surface area (TPSA) is 50.7 Å². The molecule has 3 rings (SSSR count). The summed E-state index contributed by atoms with van der Waals surface area (Å²) in [4.78, 5) is 12.9. The molecule has 0 fully saturated rings. The minimum Gasteiger partial charge on any atom is -0.348 e. The van der Waals surface area contributed by atoms with Gasteiger partial charge in [0.15, 0.2) is 0 Å². The van der Waals surface area contributed by atoms with Crippen LogP contribution >= 0.6 is 11.6 Å².